The molecule has 0 atom stereocenters. The molecule has 39 heavy (non-hydrogen) atoms. The Labute approximate surface area is 235 Å². The van der Waals surface area contributed by atoms with E-state index in [4.69, 9.17) is 30.5 Å². The second-order valence-corrected chi connectivity index (χ2v) is 11.6. The minimum absolute atomic E-state index is 0.180. The van der Waals surface area contributed by atoms with Crippen molar-refractivity contribution in [2.45, 2.75) is 39.5 Å². The minimum Gasteiger partial charge on any atom is -0.493 e. The molecule has 1 spiro atoms. The second kappa shape index (κ2) is 12.1. The SMILES string of the molecule is COc1cc2c(Oc3ccc(CC(=O)CC(C)C)c(Cl)c3)ccnc2cc1OCCCN1CCC2(COC2)C1. The molecule has 3 heterocycles. The van der Waals surface area contributed by atoms with Crippen LogP contribution in [0.25, 0.3) is 10.9 Å². The molecule has 2 fully saturated rings. The van der Waals surface area contributed by atoms with Crippen molar-refractivity contribution >= 4 is 28.3 Å². The molecule has 0 N–H and O–H groups in total. The first-order valence-corrected chi connectivity index (χ1v) is 14.1. The number of ketones is 1. The van der Waals surface area contributed by atoms with Crippen molar-refractivity contribution in [2.24, 2.45) is 11.3 Å². The van der Waals surface area contributed by atoms with Crippen LogP contribution in [-0.4, -0.2) is 62.2 Å². The second-order valence-electron chi connectivity index (χ2n) is 11.2. The van der Waals surface area contributed by atoms with Gasteiger partial charge in [0.15, 0.2) is 11.5 Å². The minimum atomic E-state index is 0.180. The fraction of sp³-hybridized carbons (Fsp3) is 0.484. The number of hydrogen-bond acceptors (Lipinski definition) is 7. The van der Waals surface area contributed by atoms with Crippen LogP contribution in [-0.2, 0) is 16.0 Å². The average molecular weight is 553 g/mol. The first kappa shape index (κ1) is 27.7. The normalized spacial score (nSPS) is 16.5. The topological polar surface area (TPSA) is 70.1 Å². The predicted molar refractivity (Wildman–Crippen MR) is 152 cm³/mol. The van der Waals surface area contributed by atoms with Crippen molar-refractivity contribution in [3.63, 3.8) is 0 Å². The fourth-order valence-electron chi connectivity index (χ4n) is 5.41. The molecule has 0 bridgehead atoms. The fourth-order valence-corrected chi connectivity index (χ4v) is 5.64. The Morgan fingerprint density at radius 2 is 2.00 bits per heavy atom. The number of hydrogen-bond donors (Lipinski definition) is 0. The third kappa shape index (κ3) is 6.65. The Morgan fingerprint density at radius 3 is 2.69 bits per heavy atom. The van der Waals surface area contributed by atoms with Crippen LogP contribution in [0.15, 0.2) is 42.6 Å². The Bertz CT molecular complexity index is 1320. The van der Waals surface area contributed by atoms with E-state index >= 15 is 0 Å². The molecule has 1 aromatic heterocycles. The summed E-state index contributed by atoms with van der Waals surface area (Å²) in [6.07, 6.45) is 4.75. The van der Waals surface area contributed by atoms with Gasteiger partial charge in [-0.05, 0) is 55.1 Å². The van der Waals surface area contributed by atoms with Gasteiger partial charge < -0.3 is 23.8 Å². The highest BCUT2D eigenvalue weighted by atomic mass is 35.5. The van der Waals surface area contributed by atoms with Crippen LogP contribution in [0.5, 0.6) is 23.0 Å². The lowest BCUT2D eigenvalue weighted by Gasteiger charge is -2.37. The van der Waals surface area contributed by atoms with E-state index in [9.17, 15) is 4.79 Å². The first-order chi connectivity index (χ1) is 18.8. The van der Waals surface area contributed by atoms with E-state index in [-0.39, 0.29) is 5.78 Å². The van der Waals surface area contributed by atoms with Gasteiger partial charge in [-0.2, -0.15) is 0 Å². The lowest BCUT2D eigenvalue weighted by Crippen LogP contribution is -2.44. The zero-order chi connectivity index (χ0) is 27.4. The molecule has 0 radical (unpaired) electrons. The molecule has 208 valence electrons. The number of carbonyl (C=O) groups excluding carboxylic acids is 1. The number of Topliss-reactive ketones (excluding diaryl/α,β-unsaturated/α-hetero) is 1. The number of fused-ring (bicyclic) bond motifs is 1. The standard InChI is InChI=1S/C31H37ClN2O5/c1-21(2)13-23(35)14-22-5-6-24(15-26(22)32)39-28-7-9-33-27-17-30(29(36-3)16-25(27)28)38-12-4-10-34-11-8-31(18-34)19-37-20-31/h5-7,9,15-17,21H,4,8,10-14,18-20H2,1-3H3. The Hall–Kier alpha value is -2.87. The number of methoxy groups -OCH3 is 1. The highest BCUT2D eigenvalue weighted by Gasteiger charge is 2.43. The zero-order valence-corrected chi connectivity index (χ0v) is 23.8. The number of nitrogens with zero attached hydrogens (tertiary/aromatic N) is 2. The summed E-state index contributed by atoms with van der Waals surface area (Å²) in [5, 5.41) is 1.32. The summed E-state index contributed by atoms with van der Waals surface area (Å²) in [5.74, 6) is 3.02. The summed E-state index contributed by atoms with van der Waals surface area (Å²) in [5.41, 5.74) is 1.96. The summed E-state index contributed by atoms with van der Waals surface area (Å²) < 4.78 is 23.4. The zero-order valence-electron chi connectivity index (χ0n) is 23.0. The Balaban J connectivity index is 1.23. The van der Waals surface area contributed by atoms with Crippen LogP contribution in [0.4, 0.5) is 0 Å². The highest BCUT2D eigenvalue weighted by Crippen LogP contribution is 2.39. The van der Waals surface area contributed by atoms with Gasteiger partial charge in [0.25, 0.3) is 0 Å². The predicted octanol–water partition coefficient (Wildman–Crippen LogP) is 6.34. The van der Waals surface area contributed by atoms with E-state index < -0.39 is 0 Å². The van der Waals surface area contributed by atoms with Gasteiger partial charge in [0, 0.05) is 54.0 Å². The molecule has 0 aliphatic carbocycles. The Kier molecular flexibility index (Phi) is 8.60. The summed E-state index contributed by atoms with van der Waals surface area (Å²) in [4.78, 5) is 19.3. The van der Waals surface area contributed by atoms with E-state index in [0.717, 1.165) is 55.7 Å². The van der Waals surface area contributed by atoms with Crippen LogP contribution in [0.2, 0.25) is 5.02 Å². The first-order valence-electron chi connectivity index (χ1n) is 13.7. The number of pyridine rings is 1. The third-order valence-electron chi connectivity index (χ3n) is 7.47. The van der Waals surface area contributed by atoms with Crippen molar-refractivity contribution in [3.8, 4) is 23.0 Å². The monoisotopic (exact) mass is 552 g/mol. The average Bonchev–Trinajstić information content (AvgIpc) is 3.33. The van der Waals surface area contributed by atoms with Crippen molar-refractivity contribution in [1.82, 2.24) is 9.88 Å². The summed E-state index contributed by atoms with van der Waals surface area (Å²) in [6, 6.07) is 11.0. The number of rotatable bonds is 12. The summed E-state index contributed by atoms with van der Waals surface area (Å²) in [6.45, 7) is 9.77. The number of likely N-dealkylation sites (tertiary alicyclic amines) is 1. The Morgan fingerprint density at radius 1 is 1.15 bits per heavy atom. The van der Waals surface area contributed by atoms with Gasteiger partial charge in [-0.1, -0.05) is 31.5 Å². The summed E-state index contributed by atoms with van der Waals surface area (Å²) >= 11 is 6.50. The van der Waals surface area contributed by atoms with E-state index in [1.54, 1.807) is 19.4 Å². The smallest absolute Gasteiger partial charge is 0.163 e. The van der Waals surface area contributed by atoms with Crippen molar-refractivity contribution in [1.29, 1.82) is 0 Å². The van der Waals surface area contributed by atoms with Crippen molar-refractivity contribution < 1.29 is 23.7 Å². The number of benzene rings is 2. The molecule has 0 amide bonds. The molecule has 5 rings (SSSR count). The number of carbonyl (C=O) groups is 1. The highest BCUT2D eigenvalue weighted by molar-refractivity contribution is 6.31. The van der Waals surface area contributed by atoms with E-state index in [1.165, 1.54) is 6.42 Å². The molecular formula is C31H37ClN2O5. The van der Waals surface area contributed by atoms with Crippen LogP contribution in [0.3, 0.4) is 0 Å². The van der Waals surface area contributed by atoms with E-state index in [1.807, 2.05) is 44.2 Å². The van der Waals surface area contributed by atoms with Crippen LogP contribution >= 0.6 is 11.6 Å². The van der Waals surface area contributed by atoms with Crippen LogP contribution < -0.4 is 14.2 Å². The molecule has 2 saturated heterocycles. The largest absolute Gasteiger partial charge is 0.493 e. The van der Waals surface area contributed by atoms with E-state index in [0.29, 0.717) is 58.8 Å². The molecular weight excluding hydrogens is 516 g/mol. The van der Waals surface area contributed by atoms with Gasteiger partial charge >= 0.3 is 0 Å². The molecule has 2 aromatic carbocycles. The molecule has 2 aliphatic rings. The van der Waals surface area contributed by atoms with Crippen LogP contribution in [0.1, 0.15) is 38.7 Å². The molecule has 7 nitrogen and oxygen atoms in total. The number of aromatic nitrogens is 1. The maximum atomic E-state index is 12.2. The molecule has 0 unspecified atom stereocenters. The maximum Gasteiger partial charge on any atom is 0.163 e. The molecule has 3 aromatic rings. The van der Waals surface area contributed by atoms with Gasteiger partial charge in [-0.3, -0.25) is 9.78 Å². The summed E-state index contributed by atoms with van der Waals surface area (Å²) in [7, 11) is 1.63. The van der Waals surface area contributed by atoms with Gasteiger partial charge in [-0.25, -0.2) is 0 Å². The lowest BCUT2D eigenvalue weighted by molar-refractivity contribution is -0.119. The quantitative estimate of drug-likeness (QED) is 0.243. The van der Waals surface area contributed by atoms with Gasteiger partial charge in [-0.15, -0.1) is 0 Å². The molecule has 2 aliphatic heterocycles. The molecule has 8 heteroatoms. The number of ether oxygens (including phenoxy) is 4. The van der Waals surface area contributed by atoms with Crippen LogP contribution in [0, 0.1) is 11.3 Å². The lowest BCUT2D eigenvalue weighted by atomic mass is 9.85. The van der Waals surface area contributed by atoms with Gasteiger partial charge in [0.1, 0.15) is 17.3 Å². The van der Waals surface area contributed by atoms with Gasteiger partial charge in [0.2, 0.25) is 0 Å². The maximum absolute atomic E-state index is 12.2. The van der Waals surface area contributed by atoms with Crippen molar-refractivity contribution in [2.75, 3.05) is 46.6 Å². The van der Waals surface area contributed by atoms with E-state index in [2.05, 4.69) is 9.88 Å². The van der Waals surface area contributed by atoms with Gasteiger partial charge in [0.05, 0.1) is 32.4 Å². The third-order valence-corrected chi connectivity index (χ3v) is 7.82. The number of halogens is 1. The molecule has 0 saturated carbocycles. The van der Waals surface area contributed by atoms with Crippen molar-refractivity contribution in [3.05, 3.63) is 53.2 Å².